The number of rotatable bonds is 6. The topological polar surface area (TPSA) is 65.6 Å². The van der Waals surface area contributed by atoms with Gasteiger partial charge in [0, 0.05) is 50.4 Å². The SMILES string of the molecule is CCN1C(=O)N(CCN(C)C)C(=O)C12CCN(Cc1cc3c(cc1Cl)OCO3)CC2. The summed E-state index contributed by atoms with van der Waals surface area (Å²) in [6.45, 7) is 5.92. The number of benzene rings is 1. The van der Waals surface area contributed by atoms with E-state index in [1.807, 2.05) is 32.0 Å². The molecule has 0 aromatic heterocycles. The predicted molar refractivity (Wildman–Crippen MR) is 113 cm³/mol. The van der Waals surface area contributed by atoms with Crippen LogP contribution in [0.4, 0.5) is 4.79 Å². The van der Waals surface area contributed by atoms with E-state index in [9.17, 15) is 9.59 Å². The second-order valence-corrected chi connectivity index (χ2v) is 8.80. The van der Waals surface area contributed by atoms with Crippen LogP contribution in [0.5, 0.6) is 11.5 Å². The maximum atomic E-state index is 13.3. The summed E-state index contributed by atoms with van der Waals surface area (Å²) in [4.78, 5) is 33.7. The normalized spacial score (nSPS) is 20.8. The molecule has 0 N–H and O–H groups in total. The minimum atomic E-state index is -0.715. The number of fused-ring (bicyclic) bond motifs is 1. The molecule has 3 heterocycles. The van der Waals surface area contributed by atoms with Gasteiger partial charge in [-0.05, 0) is 45.5 Å². The second kappa shape index (κ2) is 8.24. The predicted octanol–water partition coefficient (Wildman–Crippen LogP) is 2.25. The third kappa shape index (κ3) is 3.61. The number of urea groups is 1. The fourth-order valence-corrected chi connectivity index (χ4v) is 4.82. The van der Waals surface area contributed by atoms with Gasteiger partial charge in [-0.25, -0.2) is 4.79 Å². The number of hydrogen-bond donors (Lipinski definition) is 0. The molecule has 0 bridgehead atoms. The number of amides is 3. The van der Waals surface area contributed by atoms with Crippen molar-refractivity contribution in [1.29, 1.82) is 0 Å². The summed E-state index contributed by atoms with van der Waals surface area (Å²) in [7, 11) is 3.89. The van der Waals surface area contributed by atoms with Crippen molar-refractivity contribution < 1.29 is 19.1 Å². The summed E-state index contributed by atoms with van der Waals surface area (Å²) in [5, 5.41) is 0.650. The summed E-state index contributed by atoms with van der Waals surface area (Å²) in [5.41, 5.74) is 0.262. The van der Waals surface area contributed by atoms with Crippen LogP contribution in [0.1, 0.15) is 25.3 Å². The first-order valence-electron chi connectivity index (χ1n) is 10.4. The Labute approximate surface area is 182 Å². The Morgan fingerprint density at radius 2 is 1.80 bits per heavy atom. The molecule has 9 heteroatoms. The molecule has 4 rings (SSSR count). The fraction of sp³-hybridized carbons (Fsp3) is 0.619. The van der Waals surface area contributed by atoms with Crippen LogP contribution >= 0.6 is 11.6 Å². The van der Waals surface area contributed by atoms with Crippen LogP contribution in [-0.4, -0.2) is 90.7 Å². The molecule has 1 aromatic rings. The van der Waals surface area contributed by atoms with E-state index < -0.39 is 5.54 Å². The van der Waals surface area contributed by atoms with Crippen LogP contribution in [0.3, 0.4) is 0 Å². The molecule has 0 aliphatic carbocycles. The third-order valence-corrected chi connectivity index (χ3v) is 6.68. The van der Waals surface area contributed by atoms with Gasteiger partial charge in [-0.3, -0.25) is 14.6 Å². The number of halogens is 1. The highest BCUT2D eigenvalue weighted by Crippen LogP contribution is 2.40. The lowest BCUT2D eigenvalue weighted by molar-refractivity contribution is -0.135. The Kier molecular flexibility index (Phi) is 5.83. The van der Waals surface area contributed by atoms with Crippen molar-refractivity contribution in [1.82, 2.24) is 19.6 Å². The Balaban J connectivity index is 1.45. The van der Waals surface area contributed by atoms with Crippen molar-refractivity contribution in [2.24, 2.45) is 0 Å². The Bertz CT molecular complexity index is 839. The van der Waals surface area contributed by atoms with Gasteiger partial charge < -0.3 is 19.3 Å². The molecular formula is C21H29ClN4O4. The average molecular weight is 437 g/mol. The molecule has 3 aliphatic heterocycles. The second-order valence-electron chi connectivity index (χ2n) is 8.39. The molecule has 1 aromatic carbocycles. The summed E-state index contributed by atoms with van der Waals surface area (Å²) >= 11 is 6.44. The van der Waals surface area contributed by atoms with Gasteiger partial charge in [0.25, 0.3) is 5.91 Å². The van der Waals surface area contributed by atoms with E-state index in [0.717, 1.165) is 18.7 Å². The molecule has 8 nitrogen and oxygen atoms in total. The highest BCUT2D eigenvalue weighted by Gasteiger charge is 2.57. The van der Waals surface area contributed by atoms with Crippen LogP contribution in [0, 0.1) is 0 Å². The lowest BCUT2D eigenvalue weighted by atomic mass is 9.85. The molecular weight excluding hydrogens is 408 g/mol. The Hall–Kier alpha value is -2.03. The lowest BCUT2D eigenvalue weighted by Crippen LogP contribution is -2.56. The quantitative estimate of drug-likeness (QED) is 0.637. The number of carbonyl (C=O) groups is 2. The van der Waals surface area contributed by atoms with Gasteiger partial charge in [-0.1, -0.05) is 11.6 Å². The largest absolute Gasteiger partial charge is 0.454 e. The highest BCUT2D eigenvalue weighted by atomic mass is 35.5. The van der Waals surface area contributed by atoms with E-state index in [1.54, 1.807) is 11.0 Å². The molecule has 0 saturated carbocycles. The Morgan fingerprint density at radius 3 is 2.43 bits per heavy atom. The van der Waals surface area contributed by atoms with Gasteiger partial charge >= 0.3 is 6.03 Å². The van der Waals surface area contributed by atoms with Crippen molar-refractivity contribution in [2.75, 3.05) is 53.6 Å². The first-order chi connectivity index (χ1) is 14.4. The van der Waals surface area contributed by atoms with Gasteiger partial charge in [-0.2, -0.15) is 0 Å². The molecule has 2 fully saturated rings. The standard InChI is InChI=1S/C21H29ClN4O4/c1-4-26-20(28)25(10-9-23(2)3)19(27)21(26)5-7-24(8-6-21)13-15-11-17-18(12-16(15)22)30-14-29-17/h11-12H,4-10,13-14H2,1-3H3. The zero-order valence-electron chi connectivity index (χ0n) is 17.8. The molecule has 30 heavy (non-hydrogen) atoms. The maximum Gasteiger partial charge on any atom is 0.327 e. The average Bonchev–Trinajstić information content (AvgIpc) is 3.23. The maximum absolute atomic E-state index is 13.3. The van der Waals surface area contributed by atoms with Crippen molar-refractivity contribution in [3.63, 3.8) is 0 Å². The number of ether oxygens (including phenoxy) is 2. The highest BCUT2D eigenvalue weighted by molar-refractivity contribution is 6.31. The van der Waals surface area contributed by atoms with E-state index in [0.29, 0.717) is 55.5 Å². The van der Waals surface area contributed by atoms with Crippen LogP contribution < -0.4 is 9.47 Å². The summed E-state index contributed by atoms with van der Waals surface area (Å²) in [6, 6.07) is 3.57. The molecule has 0 radical (unpaired) electrons. The Morgan fingerprint density at radius 1 is 1.13 bits per heavy atom. The number of hydrogen-bond acceptors (Lipinski definition) is 6. The molecule has 164 valence electrons. The number of piperidine rings is 1. The van der Waals surface area contributed by atoms with Gasteiger partial charge in [0.1, 0.15) is 5.54 Å². The van der Waals surface area contributed by atoms with E-state index >= 15 is 0 Å². The molecule has 1 spiro atoms. The minimum absolute atomic E-state index is 0.0445. The zero-order valence-corrected chi connectivity index (χ0v) is 18.6. The number of likely N-dealkylation sites (N-methyl/N-ethyl adjacent to an activating group) is 2. The molecule has 2 saturated heterocycles. The van der Waals surface area contributed by atoms with Crippen LogP contribution in [0.25, 0.3) is 0 Å². The number of likely N-dealkylation sites (tertiary alicyclic amines) is 1. The van der Waals surface area contributed by atoms with Gasteiger partial charge in [0.2, 0.25) is 6.79 Å². The summed E-state index contributed by atoms with van der Waals surface area (Å²) in [6.07, 6.45) is 1.26. The first-order valence-corrected chi connectivity index (χ1v) is 10.8. The molecule has 0 unspecified atom stereocenters. The third-order valence-electron chi connectivity index (χ3n) is 6.33. The smallest absolute Gasteiger partial charge is 0.327 e. The van der Waals surface area contributed by atoms with E-state index in [-0.39, 0.29) is 18.7 Å². The molecule has 3 aliphatic rings. The van der Waals surface area contributed by atoms with E-state index in [1.165, 1.54) is 4.90 Å². The molecule has 3 amide bonds. The van der Waals surface area contributed by atoms with Gasteiger partial charge in [0.05, 0.1) is 0 Å². The minimum Gasteiger partial charge on any atom is -0.454 e. The summed E-state index contributed by atoms with van der Waals surface area (Å²) < 4.78 is 10.8. The first kappa shape index (κ1) is 21.2. The number of nitrogens with zero attached hydrogens (tertiary/aromatic N) is 4. The number of imide groups is 1. The molecule has 0 atom stereocenters. The van der Waals surface area contributed by atoms with Crippen molar-refractivity contribution in [3.05, 3.63) is 22.7 Å². The van der Waals surface area contributed by atoms with Crippen LogP contribution in [0.2, 0.25) is 5.02 Å². The number of carbonyl (C=O) groups excluding carboxylic acids is 2. The van der Waals surface area contributed by atoms with E-state index in [4.69, 9.17) is 21.1 Å². The van der Waals surface area contributed by atoms with Gasteiger partial charge in [0.15, 0.2) is 11.5 Å². The van der Waals surface area contributed by atoms with Gasteiger partial charge in [-0.15, -0.1) is 0 Å². The van der Waals surface area contributed by atoms with Crippen LogP contribution in [-0.2, 0) is 11.3 Å². The lowest BCUT2D eigenvalue weighted by Gasteiger charge is -2.42. The van der Waals surface area contributed by atoms with Crippen molar-refractivity contribution >= 4 is 23.5 Å². The fourth-order valence-electron chi connectivity index (χ4n) is 4.60. The zero-order chi connectivity index (χ0) is 21.5. The monoisotopic (exact) mass is 436 g/mol. The van der Waals surface area contributed by atoms with Crippen molar-refractivity contribution in [3.8, 4) is 11.5 Å². The van der Waals surface area contributed by atoms with Crippen LogP contribution in [0.15, 0.2) is 12.1 Å². The van der Waals surface area contributed by atoms with E-state index in [2.05, 4.69) is 4.90 Å². The van der Waals surface area contributed by atoms with Crippen molar-refractivity contribution in [2.45, 2.75) is 31.8 Å². The summed E-state index contributed by atoms with van der Waals surface area (Å²) in [5.74, 6) is 1.35.